The summed E-state index contributed by atoms with van der Waals surface area (Å²) in [7, 11) is 0. The van der Waals surface area contributed by atoms with Crippen LogP contribution in [0.1, 0.15) is 5.56 Å². The molecule has 0 heterocycles. The van der Waals surface area contributed by atoms with Gasteiger partial charge in [-0.05, 0) is 27.6 Å². The Hall–Kier alpha value is -3.48. The molecule has 0 aliphatic rings. The molecule has 0 aliphatic carbocycles. The Morgan fingerprint density at radius 3 is 1.64 bits per heavy atom. The lowest BCUT2D eigenvalue weighted by Crippen LogP contribution is -2.06. The van der Waals surface area contributed by atoms with Gasteiger partial charge in [0, 0.05) is 5.56 Å². The lowest BCUT2D eigenvalue weighted by Gasteiger charge is -2.09. The highest BCUT2D eigenvalue weighted by Gasteiger charge is 2.25. The van der Waals surface area contributed by atoms with Crippen molar-refractivity contribution in [1.29, 1.82) is 0 Å². The highest BCUT2D eigenvalue weighted by atomic mass is 19.2. The molecular weight excluding hydrogens is 375 g/mol. The Balaban J connectivity index is 1.82. The third-order valence-corrected chi connectivity index (χ3v) is 4.39. The molecule has 0 bridgehead atoms. The molecule has 2 nitrogen and oxygen atoms in total. The van der Waals surface area contributed by atoms with Crippen LogP contribution in [0.15, 0.2) is 59.7 Å². The quantitative estimate of drug-likeness (QED) is 0.112. The van der Waals surface area contributed by atoms with Crippen molar-refractivity contribution < 1.29 is 22.0 Å². The number of hydrogen-bond acceptors (Lipinski definition) is 2. The van der Waals surface area contributed by atoms with Crippen molar-refractivity contribution in [2.45, 2.75) is 0 Å². The number of nitrogens with one attached hydrogen (secondary N) is 1. The number of benzene rings is 4. The number of halogens is 5. The van der Waals surface area contributed by atoms with Gasteiger partial charge >= 0.3 is 0 Å². The van der Waals surface area contributed by atoms with Crippen molar-refractivity contribution in [2.24, 2.45) is 5.10 Å². The van der Waals surface area contributed by atoms with Gasteiger partial charge in [0.1, 0.15) is 5.69 Å². The average Bonchev–Trinajstić information content (AvgIpc) is 2.72. The summed E-state index contributed by atoms with van der Waals surface area (Å²) >= 11 is 0. The summed E-state index contributed by atoms with van der Waals surface area (Å²) in [5.41, 5.74) is 1.37. The van der Waals surface area contributed by atoms with Crippen molar-refractivity contribution in [3.05, 3.63) is 89.2 Å². The SMILES string of the molecule is Fc1c(F)c(F)c(NN=Cc2c3ccccc3cc3ccccc23)c(F)c1F. The molecular formula is C21H11F5N2. The molecule has 0 aromatic heterocycles. The van der Waals surface area contributed by atoms with Gasteiger partial charge in [0.05, 0.1) is 6.21 Å². The van der Waals surface area contributed by atoms with Crippen LogP contribution in [0.4, 0.5) is 27.6 Å². The Bertz CT molecular complexity index is 1170. The topological polar surface area (TPSA) is 24.4 Å². The van der Waals surface area contributed by atoms with E-state index in [1.807, 2.05) is 60.0 Å². The van der Waals surface area contributed by atoms with E-state index in [4.69, 9.17) is 0 Å². The fourth-order valence-electron chi connectivity index (χ4n) is 3.05. The van der Waals surface area contributed by atoms with E-state index in [0.717, 1.165) is 21.5 Å². The first-order valence-electron chi connectivity index (χ1n) is 8.20. The van der Waals surface area contributed by atoms with Gasteiger partial charge in [-0.15, -0.1) is 0 Å². The van der Waals surface area contributed by atoms with Crippen LogP contribution in [-0.4, -0.2) is 6.21 Å². The molecule has 0 aliphatic heterocycles. The highest BCUT2D eigenvalue weighted by molar-refractivity contribution is 6.13. The Morgan fingerprint density at radius 1 is 0.643 bits per heavy atom. The second-order valence-corrected chi connectivity index (χ2v) is 6.05. The predicted molar refractivity (Wildman–Crippen MR) is 98.9 cm³/mol. The van der Waals surface area contributed by atoms with Crippen LogP contribution < -0.4 is 5.43 Å². The fraction of sp³-hybridized carbons (Fsp3) is 0. The molecule has 4 aromatic carbocycles. The molecule has 0 fully saturated rings. The van der Waals surface area contributed by atoms with Crippen molar-refractivity contribution >= 4 is 33.4 Å². The number of anilines is 1. The van der Waals surface area contributed by atoms with Gasteiger partial charge in [-0.3, -0.25) is 5.43 Å². The maximum Gasteiger partial charge on any atom is 0.200 e. The summed E-state index contributed by atoms with van der Waals surface area (Å²) in [5, 5.41) is 7.21. The van der Waals surface area contributed by atoms with E-state index in [-0.39, 0.29) is 0 Å². The van der Waals surface area contributed by atoms with E-state index in [0.29, 0.717) is 5.56 Å². The van der Waals surface area contributed by atoms with E-state index < -0.39 is 34.8 Å². The van der Waals surface area contributed by atoms with Crippen LogP contribution in [-0.2, 0) is 0 Å². The van der Waals surface area contributed by atoms with E-state index in [1.54, 1.807) is 0 Å². The van der Waals surface area contributed by atoms with Crippen LogP contribution in [0.3, 0.4) is 0 Å². The molecule has 0 saturated carbocycles. The Morgan fingerprint density at radius 2 is 1.11 bits per heavy atom. The van der Waals surface area contributed by atoms with Gasteiger partial charge in [0.15, 0.2) is 23.3 Å². The molecule has 0 atom stereocenters. The minimum Gasteiger partial charge on any atom is -0.272 e. The summed E-state index contributed by atoms with van der Waals surface area (Å²) in [6.07, 6.45) is 1.29. The fourth-order valence-corrected chi connectivity index (χ4v) is 3.05. The summed E-state index contributed by atoms with van der Waals surface area (Å²) < 4.78 is 67.3. The lowest BCUT2D eigenvalue weighted by molar-refractivity contribution is 0.381. The van der Waals surface area contributed by atoms with Gasteiger partial charge in [-0.1, -0.05) is 48.5 Å². The first kappa shape index (κ1) is 17.9. The lowest BCUT2D eigenvalue weighted by atomic mass is 9.97. The second kappa shape index (κ2) is 6.92. The first-order valence-corrected chi connectivity index (χ1v) is 8.20. The van der Waals surface area contributed by atoms with Crippen LogP contribution in [0, 0.1) is 29.1 Å². The second-order valence-electron chi connectivity index (χ2n) is 6.05. The van der Waals surface area contributed by atoms with Gasteiger partial charge in [0.2, 0.25) is 5.82 Å². The molecule has 4 rings (SSSR count). The number of nitrogens with zero attached hydrogens (tertiary/aromatic N) is 1. The van der Waals surface area contributed by atoms with Crippen molar-refractivity contribution in [1.82, 2.24) is 0 Å². The van der Waals surface area contributed by atoms with Gasteiger partial charge in [-0.25, -0.2) is 22.0 Å². The van der Waals surface area contributed by atoms with Crippen LogP contribution in [0.5, 0.6) is 0 Å². The molecule has 28 heavy (non-hydrogen) atoms. The molecule has 4 aromatic rings. The molecule has 0 amide bonds. The molecule has 1 N–H and O–H groups in total. The average molecular weight is 386 g/mol. The first-order chi connectivity index (χ1) is 13.5. The molecule has 0 unspecified atom stereocenters. The summed E-state index contributed by atoms with van der Waals surface area (Å²) in [4.78, 5) is 0. The maximum atomic E-state index is 13.8. The third-order valence-electron chi connectivity index (χ3n) is 4.39. The number of hydrazone groups is 1. The number of rotatable bonds is 3. The Kier molecular flexibility index (Phi) is 4.43. The van der Waals surface area contributed by atoms with Crippen LogP contribution >= 0.6 is 0 Å². The van der Waals surface area contributed by atoms with Gasteiger partial charge in [0.25, 0.3) is 0 Å². The van der Waals surface area contributed by atoms with Gasteiger partial charge < -0.3 is 0 Å². The molecule has 0 saturated heterocycles. The van der Waals surface area contributed by atoms with E-state index in [1.165, 1.54) is 6.21 Å². The van der Waals surface area contributed by atoms with Crippen LogP contribution in [0.25, 0.3) is 21.5 Å². The molecule has 0 spiro atoms. The van der Waals surface area contributed by atoms with Crippen molar-refractivity contribution in [3.63, 3.8) is 0 Å². The maximum absolute atomic E-state index is 13.8. The van der Waals surface area contributed by atoms with Crippen molar-refractivity contribution in [3.8, 4) is 0 Å². The normalized spacial score (nSPS) is 11.6. The summed E-state index contributed by atoms with van der Waals surface area (Å²) in [5.74, 6) is -10.2. The summed E-state index contributed by atoms with van der Waals surface area (Å²) in [6.45, 7) is 0. The minimum absolute atomic E-state index is 0.644. The molecule has 0 radical (unpaired) electrons. The van der Waals surface area contributed by atoms with Crippen molar-refractivity contribution in [2.75, 3.05) is 5.43 Å². The number of fused-ring (bicyclic) bond motifs is 2. The zero-order valence-corrected chi connectivity index (χ0v) is 14.1. The standard InChI is InChI=1S/C21H11F5N2/c22-16-17(23)19(25)21(20(26)18(16)24)28-27-10-15-13-7-3-1-5-11(13)9-12-6-2-4-8-14(12)15/h1-10,28H. The minimum atomic E-state index is -2.22. The molecule has 7 heteroatoms. The van der Waals surface area contributed by atoms with Gasteiger partial charge in [-0.2, -0.15) is 5.10 Å². The molecule has 140 valence electrons. The van der Waals surface area contributed by atoms with E-state index in [2.05, 4.69) is 5.10 Å². The van der Waals surface area contributed by atoms with Crippen LogP contribution in [0.2, 0.25) is 0 Å². The zero-order chi connectivity index (χ0) is 19.8. The highest BCUT2D eigenvalue weighted by Crippen LogP contribution is 2.29. The number of hydrogen-bond donors (Lipinski definition) is 1. The largest absolute Gasteiger partial charge is 0.272 e. The predicted octanol–water partition coefficient (Wildman–Crippen LogP) is 6.13. The third kappa shape index (κ3) is 2.85. The van der Waals surface area contributed by atoms with E-state index >= 15 is 0 Å². The zero-order valence-electron chi connectivity index (χ0n) is 14.1. The Labute approximate surface area is 155 Å². The van der Waals surface area contributed by atoms with E-state index in [9.17, 15) is 22.0 Å². The smallest absolute Gasteiger partial charge is 0.200 e. The monoisotopic (exact) mass is 386 g/mol. The summed E-state index contributed by atoms with van der Waals surface area (Å²) in [6, 6.07) is 16.9.